The Labute approximate surface area is 328 Å². The Bertz CT molecular complexity index is 2110. The van der Waals surface area contributed by atoms with E-state index in [0.29, 0.717) is 49.6 Å². The molecule has 0 N–H and O–H groups in total. The topological polar surface area (TPSA) is 132 Å². The zero-order valence-corrected chi connectivity index (χ0v) is 32.3. The molecule has 304 valence electrons. The summed E-state index contributed by atoms with van der Waals surface area (Å²) in [5, 5.41) is 12.9. The number of hydrogen-bond acceptors (Lipinski definition) is 10. The number of hydrazine groups is 1. The van der Waals surface area contributed by atoms with Gasteiger partial charge in [0.25, 0.3) is 5.91 Å². The number of thiazole rings is 1. The van der Waals surface area contributed by atoms with Crippen LogP contribution in [-0.4, -0.2) is 88.3 Å². The van der Waals surface area contributed by atoms with Crippen LogP contribution in [0.4, 0.5) is 32.4 Å². The molecule has 1 unspecified atom stereocenters. The van der Waals surface area contributed by atoms with Crippen molar-refractivity contribution in [1.82, 2.24) is 24.7 Å². The van der Waals surface area contributed by atoms with Crippen LogP contribution in [0.3, 0.4) is 0 Å². The number of para-hydroxylation sites is 1. The Morgan fingerprint density at radius 1 is 1.02 bits per heavy atom. The number of carbonyl (C=O) groups is 3. The van der Waals surface area contributed by atoms with Gasteiger partial charge in [-0.2, -0.15) is 18.3 Å². The number of aromatic nitrogens is 3. The number of ether oxygens (including phenoxy) is 2. The first-order valence-electron chi connectivity index (χ1n) is 18.0. The van der Waals surface area contributed by atoms with Crippen LogP contribution in [-0.2, 0) is 36.6 Å². The van der Waals surface area contributed by atoms with Crippen molar-refractivity contribution < 1.29 is 50.6 Å². The number of carbonyl (C=O) groups excluding carboxylic acids is 3. The van der Waals surface area contributed by atoms with E-state index < -0.39 is 35.7 Å². The van der Waals surface area contributed by atoms with E-state index in [0.717, 1.165) is 26.9 Å². The van der Waals surface area contributed by atoms with Crippen LogP contribution >= 0.6 is 11.3 Å². The highest BCUT2D eigenvalue weighted by molar-refractivity contribution is 7.10. The van der Waals surface area contributed by atoms with Gasteiger partial charge in [-0.3, -0.25) is 14.3 Å². The zero-order valence-electron chi connectivity index (χ0n) is 31.5. The maximum absolute atomic E-state index is 14.1. The Kier molecular flexibility index (Phi) is 12.6. The van der Waals surface area contributed by atoms with Crippen molar-refractivity contribution in [2.75, 3.05) is 45.0 Å². The number of alkyl halides is 3. The van der Waals surface area contributed by atoms with Gasteiger partial charge in [-0.1, -0.05) is 29.4 Å². The molecular formula is C38H40F5N7O6S. The fraction of sp³-hybridized carbons (Fsp3) is 0.421. The summed E-state index contributed by atoms with van der Waals surface area (Å²) < 4.78 is 77.8. The van der Waals surface area contributed by atoms with E-state index in [9.17, 15) is 36.3 Å². The van der Waals surface area contributed by atoms with E-state index in [1.165, 1.54) is 53.6 Å². The van der Waals surface area contributed by atoms with E-state index in [1.54, 1.807) is 4.90 Å². The van der Waals surface area contributed by atoms with Crippen molar-refractivity contribution >= 4 is 40.6 Å². The SMILES string of the molecule is COCC(=O)N(c1c(C)cccc1C)N1CCOC1=O.Cc1cc(C(F)(F)F)nn1CC(=O)N1CCC(c2nc(C3=NOC(c4c(F)cccc4F)C3)cs2)CC1. The summed E-state index contributed by atoms with van der Waals surface area (Å²) in [5.41, 5.74) is 2.72. The lowest BCUT2D eigenvalue weighted by molar-refractivity contribution is -0.142. The first-order chi connectivity index (χ1) is 27.2. The quantitative estimate of drug-likeness (QED) is 0.168. The number of hydrogen-bond donors (Lipinski definition) is 0. The van der Waals surface area contributed by atoms with Gasteiger partial charge in [-0.25, -0.2) is 28.6 Å². The summed E-state index contributed by atoms with van der Waals surface area (Å²) in [7, 11) is 1.45. The maximum Gasteiger partial charge on any atom is 0.435 e. The lowest BCUT2D eigenvalue weighted by Gasteiger charge is -2.31. The van der Waals surface area contributed by atoms with Gasteiger partial charge < -0.3 is 19.2 Å². The molecule has 1 atom stereocenters. The highest BCUT2D eigenvalue weighted by Crippen LogP contribution is 2.36. The largest absolute Gasteiger partial charge is 0.446 e. The Morgan fingerprint density at radius 3 is 2.28 bits per heavy atom. The summed E-state index contributed by atoms with van der Waals surface area (Å²) >= 11 is 1.45. The van der Waals surface area contributed by atoms with Gasteiger partial charge in [0, 0.05) is 43.6 Å². The Balaban J connectivity index is 0.000000232. The first kappa shape index (κ1) is 41.2. The summed E-state index contributed by atoms with van der Waals surface area (Å²) in [4.78, 5) is 48.4. The van der Waals surface area contributed by atoms with Crippen LogP contribution in [0.15, 0.2) is 53.0 Å². The molecule has 3 aliphatic rings. The van der Waals surface area contributed by atoms with Crippen LogP contribution in [0.5, 0.6) is 0 Å². The third kappa shape index (κ3) is 9.25. The molecule has 2 aromatic carbocycles. The van der Waals surface area contributed by atoms with Gasteiger partial charge in [0.1, 0.15) is 37.1 Å². The second-order valence-electron chi connectivity index (χ2n) is 13.6. The molecule has 0 aliphatic carbocycles. The number of amides is 3. The second-order valence-corrected chi connectivity index (χ2v) is 14.5. The summed E-state index contributed by atoms with van der Waals surface area (Å²) in [6, 6.07) is 10.3. The minimum absolute atomic E-state index is 0.0996. The maximum atomic E-state index is 14.1. The standard InChI is InChI=1S/C24H22F5N5O2S.C14H18N2O4/c1-13-9-20(24(27,28)29)31-34(13)11-21(35)33-7-5-14(6-8-33)23-30-18(12-37-23)17-10-19(36-32-17)22-15(25)3-2-4-16(22)26;1-10-5-4-6-11(2)13(10)16(12(17)9-19-3)15-7-8-20-14(15)18/h2-4,9,12,14,19H,5-8,10-11H2,1H3;4-6H,7-9H2,1-3H3. The molecule has 0 bridgehead atoms. The molecular weight excluding hydrogens is 778 g/mol. The van der Waals surface area contributed by atoms with E-state index in [-0.39, 0.29) is 55.2 Å². The molecule has 4 aromatic rings. The molecule has 3 amide bonds. The van der Waals surface area contributed by atoms with Crippen molar-refractivity contribution in [2.45, 2.75) is 64.8 Å². The average molecular weight is 818 g/mol. The number of likely N-dealkylation sites (tertiary alicyclic amines) is 1. The van der Waals surface area contributed by atoms with Gasteiger partial charge in [0.2, 0.25) is 5.91 Å². The molecule has 57 heavy (non-hydrogen) atoms. The number of methoxy groups -OCH3 is 1. The molecule has 3 aliphatic heterocycles. The van der Waals surface area contributed by atoms with Gasteiger partial charge in [-0.05, 0) is 62.9 Å². The van der Waals surface area contributed by atoms with Crippen molar-refractivity contribution in [3.8, 4) is 0 Å². The number of piperidine rings is 1. The molecule has 0 spiro atoms. The number of rotatable bonds is 9. The molecule has 0 saturated carbocycles. The van der Waals surface area contributed by atoms with Crippen molar-refractivity contribution in [3.05, 3.63) is 98.3 Å². The fourth-order valence-electron chi connectivity index (χ4n) is 6.79. The smallest absolute Gasteiger partial charge is 0.435 e. The molecule has 5 heterocycles. The van der Waals surface area contributed by atoms with Crippen LogP contribution in [0.25, 0.3) is 0 Å². The predicted octanol–water partition coefficient (Wildman–Crippen LogP) is 6.87. The van der Waals surface area contributed by atoms with Gasteiger partial charge >= 0.3 is 12.3 Å². The third-order valence-corrected chi connectivity index (χ3v) is 10.7. The van der Waals surface area contributed by atoms with E-state index in [2.05, 4.69) is 15.2 Å². The highest BCUT2D eigenvalue weighted by atomic mass is 32.1. The van der Waals surface area contributed by atoms with Crippen molar-refractivity contribution in [1.29, 1.82) is 0 Å². The monoisotopic (exact) mass is 817 g/mol. The molecule has 0 radical (unpaired) electrons. The summed E-state index contributed by atoms with van der Waals surface area (Å²) in [5.74, 6) is -1.87. The van der Waals surface area contributed by atoms with Crippen molar-refractivity contribution in [3.63, 3.8) is 0 Å². The lowest BCUT2D eigenvalue weighted by atomic mass is 9.97. The predicted molar refractivity (Wildman–Crippen MR) is 197 cm³/mol. The summed E-state index contributed by atoms with van der Waals surface area (Å²) in [6.45, 7) is 6.45. The third-order valence-electron chi connectivity index (χ3n) is 9.70. The van der Waals surface area contributed by atoms with Crippen LogP contribution < -0.4 is 5.01 Å². The molecule has 2 saturated heterocycles. The van der Waals surface area contributed by atoms with Gasteiger partial charge in [0.05, 0.1) is 28.5 Å². The number of benzene rings is 2. The average Bonchev–Trinajstić information content (AvgIpc) is 3.99. The number of cyclic esters (lactones) is 1. The minimum atomic E-state index is -4.56. The number of aryl methyl sites for hydroxylation is 3. The van der Waals surface area contributed by atoms with E-state index in [4.69, 9.17) is 14.3 Å². The normalized spacial score (nSPS) is 17.2. The number of nitrogens with zero attached hydrogens (tertiary/aromatic N) is 7. The lowest BCUT2D eigenvalue weighted by Crippen LogP contribution is -2.49. The van der Waals surface area contributed by atoms with E-state index >= 15 is 0 Å². The zero-order chi connectivity index (χ0) is 41.0. The van der Waals surface area contributed by atoms with Crippen LogP contribution in [0, 0.1) is 32.4 Å². The molecule has 7 rings (SSSR count). The van der Waals surface area contributed by atoms with E-state index in [1.807, 2.05) is 37.4 Å². The Morgan fingerprint density at radius 2 is 1.68 bits per heavy atom. The molecule has 13 nitrogen and oxygen atoms in total. The fourth-order valence-corrected chi connectivity index (χ4v) is 7.79. The van der Waals surface area contributed by atoms with Gasteiger partial charge in [0.15, 0.2) is 11.8 Å². The van der Waals surface area contributed by atoms with Gasteiger partial charge in [-0.15, -0.1) is 11.3 Å². The van der Waals surface area contributed by atoms with Crippen LogP contribution in [0.2, 0.25) is 0 Å². The highest BCUT2D eigenvalue weighted by Gasteiger charge is 2.36. The molecule has 2 aromatic heterocycles. The van der Waals surface area contributed by atoms with Crippen LogP contribution in [0.1, 0.15) is 70.1 Å². The second kappa shape index (κ2) is 17.4. The summed E-state index contributed by atoms with van der Waals surface area (Å²) in [6.07, 6.45) is -4.45. The van der Waals surface area contributed by atoms with Crippen molar-refractivity contribution in [2.24, 2.45) is 5.16 Å². The number of oxime groups is 1. The number of anilines is 1. The Hall–Kier alpha value is -5.43. The minimum Gasteiger partial charge on any atom is -0.446 e. The first-order valence-corrected chi connectivity index (χ1v) is 18.9. The number of halogens is 5. The molecule has 19 heteroatoms. The molecule has 2 fully saturated rings.